The van der Waals surface area contributed by atoms with Crippen molar-refractivity contribution < 1.29 is 14.6 Å². The normalized spacial score (nSPS) is 12.4. The first-order valence-corrected chi connectivity index (χ1v) is 6.71. The van der Waals surface area contributed by atoms with E-state index in [9.17, 15) is 4.79 Å². The molecular formula is C15H23NO3. The summed E-state index contributed by atoms with van der Waals surface area (Å²) < 4.78 is 5.59. The zero-order chi connectivity index (χ0) is 14.3. The lowest BCUT2D eigenvalue weighted by atomic mass is 10.2. The molecule has 4 heteroatoms. The van der Waals surface area contributed by atoms with Gasteiger partial charge in [0.05, 0.1) is 5.56 Å². The molecular weight excluding hydrogens is 242 g/mol. The van der Waals surface area contributed by atoms with Crippen LogP contribution in [0.1, 0.15) is 37.0 Å². The van der Waals surface area contributed by atoms with Crippen molar-refractivity contribution in [3.63, 3.8) is 0 Å². The van der Waals surface area contributed by atoms with Crippen LogP contribution in [0.15, 0.2) is 24.3 Å². The molecule has 0 saturated carbocycles. The molecule has 0 radical (unpaired) electrons. The fourth-order valence-electron chi connectivity index (χ4n) is 1.88. The number of rotatable bonds is 8. The third-order valence-electron chi connectivity index (χ3n) is 3.25. The van der Waals surface area contributed by atoms with E-state index in [2.05, 4.69) is 25.8 Å². The minimum Gasteiger partial charge on any atom is -0.492 e. The van der Waals surface area contributed by atoms with Crippen molar-refractivity contribution >= 4 is 5.97 Å². The van der Waals surface area contributed by atoms with E-state index in [0.717, 1.165) is 6.54 Å². The molecule has 1 unspecified atom stereocenters. The van der Waals surface area contributed by atoms with Gasteiger partial charge < -0.3 is 14.7 Å². The Morgan fingerprint density at radius 2 is 2.21 bits per heavy atom. The second-order valence-electron chi connectivity index (χ2n) is 4.80. The molecule has 0 saturated heterocycles. The number of nitrogens with zero attached hydrogens (tertiary/aromatic N) is 1. The number of carbonyl (C=O) groups is 1. The van der Waals surface area contributed by atoms with Gasteiger partial charge in [0.25, 0.3) is 0 Å². The molecule has 1 atom stereocenters. The number of hydrogen-bond donors (Lipinski definition) is 1. The van der Waals surface area contributed by atoms with Crippen LogP contribution in [0.5, 0.6) is 5.75 Å². The molecule has 0 bridgehead atoms. The summed E-state index contributed by atoms with van der Waals surface area (Å²) in [6.45, 7) is 5.78. The average molecular weight is 265 g/mol. The highest BCUT2D eigenvalue weighted by molar-refractivity contribution is 5.87. The zero-order valence-electron chi connectivity index (χ0n) is 11.9. The molecule has 0 fully saturated rings. The van der Waals surface area contributed by atoms with Crippen LogP contribution in [0, 0.1) is 0 Å². The molecule has 106 valence electrons. The molecule has 0 aliphatic rings. The second kappa shape index (κ2) is 7.79. The summed E-state index contributed by atoms with van der Waals surface area (Å²) >= 11 is 0. The molecule has 0 spiro atoms. The predicted octanol–water partition coefficient (Wildman–Crippen LogP) is 2.88. The van der Waals surface area contributed by atoms with Crippen LogP contribution in [0.3, 0.4) is 0 Å². The maximum Gasteiger partial charge on any atom is 0.335 e. The van der Waals surface area contributed by atoms with Crippen molar-refractivity contribution in [2.24, 2.45) is 0 Å². The first kappa shape index (κ1) is 15.5. The summed E-state index contributed by atoms with van der Waals surface area (Å²) in [7, 11) is 2.08. The van der Waals surface area contributed by atoms with Gasteiger partial charge in [-0.3, -0.25) is 0 Å². The molecule has 4 nitrogen and oxygen atoms in total. The van der Waals surface area contributed by atoms with E-state index in [4.69, 9.17) is 9.84 Å². The number of benzene rings is 1. The Balaban J connectivity index is 2.40. The van der Waals surface area contributed by atoms with Crippen molar-refractivity contribution in [3.05, 3.63) is 29.8 Å². The highest BCUT2D eigenvalue weighted by Gasteiger charge is 2.08. The second-order valence-corrected chi connectivity index (χ2v) is 4.80. The Labute approximate surface area is 115 Å². The molecule has 0 aliphatic carbocycles. The molecule has 0 heterocycles. The summed E-state index contributed by atoms with van der Waals surface area (Å²) in [5, 5.41) is 8.89. The molecule has 0 aliphatic heterocycles. The summed E-state index contributed by atoms with van der Waals surface area (Å²) in [5.74, 6) is -0.324. The van der Waals surface area contributed by atoms with E-state index in [1.54, 1.807) is 24.3 Å². The van der Waals surface area contributed by atoms with E-state index in [1.165, 1.54) is 12.8 Å². The summed E-state index contributed by atoms with van der Waals surface area (Å²) in [5.41, 5.74) is 0.255. The number of carboxylic acid groups (broad SMARTS) is 1. The minimum atomic E-state index is -0.931. The van der Waals surface area contributed by atoms with E-state index in [1.807, 2.05) is 0 Å². The third kappa shape index (κ3) is 5.30. The first-order chi connectivity index (χ1) is 9.04. The first-order valence-electron chi connectivity index (χ1n) is 6.71. The highest BCUT2D eigenvalue weighted by Crippen LogP contribution is 2.13. The maximum absolute atomic E-state index is 10.8. The van der Waals surface area contributed by atoms with Crippen molar-refractivity contribution in [2.45, 2.75) is 32.7 Å². The van der Waals surface area contributed by atoms with Crippen molar-refractivity contribution in [2.75, 3.05) is 20.2 Å². The molecule has 0 aromatic heterocycles. The van der Waals surface area contributed by atoms with E-state index in [-0.39, 0.29) is 5.56 Å². The monoisotopic (exact) mass is 265 g/mol. The van der Waals surface area contributed by atoms with Gasteiger partial charge in [0.2, 0.25) is 0 Å². The number of ether oxygens (including phenoxy) is 1. The largest absolute Gasteiger partial charge is 0.492 e. The van der Waals surface area contributed by atoms with Gasteiger partial charge in [0.15, 0.2) is 0 Å². The van der Waals surface area contributed by atoms with Crippen LogP contribution in [-0.4, -0.2) is 42.2 Å². The van der Waals surface area contributed by atoms with Gasteiger partial charge in [-0.2, -0.15) is 0 Å². The smallest absolute Gasteiger partial charge is 0.335 e. The Morgan fingerprint density at radius 3 is 2.84 bits per heavy atom. The Morgan fingerprint density at radius 1 is 1.47 bits per heavy atom. The molecule has 1 rings (SSSR count). The van der Waals surface area contributed by atoms with Gasteiger partial charge in [0.1, 0.15) is 12.4 Å². The van der Waals surface area contributed by atoms with Crippen LogP contribution < -0.4 is 4.74 Å². The van der Waals surface area contributed by atoms with Gasteiger partial charge in [-0.1, -0.05) is 19.4 Å². The topological polar surface area (TPSA) is 49.8 Å². The number of carboxylic acids is 1. The van der Waals surface area contributed by atoms with Crippen LogP contribution in [0.4, 0.5) is 0 Å². The number of likely N-dealkylation sites (N-methyl/N-ethyl adjacent to an activating group) is 1. The predicted molar refractivity (Wildman–Crippen MR) is 75.9 cm³/mol. The lowest BCUT2D eigenvalue weighted by Gasteiger charge is -2.24. The van der Waals surface area contributed by atoms with Crippen LogP contribution in [0.2, 0.25) is 0 Å². The van der Waals surface area contributed by atoms with Crippen molar-refractivity contribution in [1.29, 1.82) is 0 Å². The van der Waals surface area contributed by atoms with E-state index >= 15 is 0 Å². The van der Waals surface area contributed by atoms with Crippen molar-refractivity contribution in [3.8, 4) is 5.75 Å². The maximum atomic E-state index is 10.8. The Bertz CT molecular complexity index is 406. The summed E-state index contributed by atoms with van der Waals surface area (Å²) in [6.07, 6.45) is 2.35. The molecule has 0 amide bonds. The quantitative estimate of drug-likeness (QED) is 0.785. The van der Waals surface area contributed by atoms with Gasteiger partial charge in [-0.25, -0.2) is 4.79 Å². The minimum absolute atomic E-state index is 0.255. The molecule has 1 aromatic rings. The van der Waals surface area contributed by atoms with Gasteiger partial charge in [-0.15, -0.1) is 0 Å². The number of hydrogen-bond acceptors (Lipinski definition) is 3. The van der Waals surface area contributed by atoms with Crippen LogP contribution in [0.25, 0.3) is 0 Å². The molecule has 19 heavy (non-hydrogen) atoms. The van der Waals surface area contributed by atoms with Crippen molar-refractivity contribution in [1.82, 2.24) is 4.90 Å². The Hall–Kier alpha value is -1.55. The molecule has 1 aromatic carbocycles. The molecule has 1 N–H and O–H groups in total. The lowest BCUT2D eigenvalue weighted by Crippen LogP contribution is -2.32. The zero-order valence-corrected chi connectivity index (χ0v) is 11.9. The summed E-state index contributed by atoms with van der Waals surface area (Å²) in [4.78, 5) is 13.1. The van der Waals surface area contributed by atoms with E-state index < -0.39 is 5.97 Å². The van der Waals surface area contributed by atoms with E-state index in [0.29, 0.717) is 18.4 Å². The van der Waals surface area contributed by atoms with Gasteiger partial charge in [-0.05, 0) is 38.6 Å². The van der Waals surface area contributed by atoms with Crippen LogP contribution in [-0.2, 0) is 0 Å². The van der Waals surface area contributed by atoms with Crippen LogP contribution >= 0.6 is 0 Å². The third-order valence-corrected chi connectivity index (χ3v) is 3.25. The fourth-order valence-corrected chi connectivity index (χ4v) is 1.88. The van der Waals surface area contributed by atoms with Gasteiger partial charge in [0, 0.05) is 12.6 Å². The highest BCUT2D eigenvalue weighted by atomic mass is 16.5. The standard InChI is InChI=1S/C15H23NO3/c1-4-6-12(2)16(3)9-10-19-14-8-5-7-13(11-14)15(17)18/h5,7-8,11-12H,4,6,9-10H2,1-3H3,(H,17,18). The SMILES string of the molecule is CCCC(C)N(C)CCOc1cccc(C(=O)O)c1. The number of aromatic carboxylic acids is 1. The Kier molecular flexibility index (Phi) is 6.36. The average Bonchev–Trinajstić information content (AvgIpc) is 2.39. The summed E-state index contributed by atoms with van der Waals surface area (Å²) in [6, 6.07) is 7.13. The lowest BCUT2D eigenvalue weighted by molar-refractivity contribution is 0.0696. The van der Waals surface area contributed by atoms with Gasteiger partial charge >= 0.3 is 5.97 Å². The fraction of sp³-hybridized carbons (Fsp3) is 0.533.